The van der Waals surface area contributed by atoms with Gasteiger partial charge in [0.2, 0.25) is 0 Å². The molecule has 8 heteroatoms. The van der Waals surface area contributed by atoms with Crippen molar-refractivity contribution in [2.24, 2.45) is 17.8 Å². The van der Waals surface area contributed by atoms with Gasteiger partial charge in [-0.3, -0.25) is 9.88 Å². The van der Waals surface area contributed by atoms with Crippen molar-refractivity contribution < 1.29 is 9.13 Å². The van der Waals surface area contributed by atoms with Gasteiger partial charge in [0.05, 0.1) is 5.39 Å². The van der Waals surface area contributed by atoms with Gasteiger partial charge in [0, 0.05) is 47.8 Å². The second-order valence-electron chi connectivity index (χ2n) is 11.9. The molecule has 4 atom stereocenters. The molecule has 1 saturated carbocycles. The highest BCUT2D eigenvalue weighted by Gasteiger charge is 2.35. The smallest absolute Gasteiger partial charge is 0.319 e. The quantitative estimate of drug-likeness (QED) is 0.282. The first kappa shape index (κ1) is 25.0. The highest BCUT2D eigenvalue weighted by atomic mass is 35.5. The number of hydrogen-bond acceptors (Lipinski definition) is 6. The summed E-state index contributed by atoms with van der Waals surface area (Å²) in [6.45, 7) is 5.64. The first-order valence-corrected chi connectivity index (χ1v) is 14.4. The monoisotopic (exact) mass is 545 g/mol. The van der Waals surface area contributed by atoms with Crippen LogP contribution in [-0.2, 0) is 0 Å². The maximum atomic E-state index is 16.5. The minimum atomic E-state index is -0.472. The van der Waals surface area contributed by atoms with Crippen LogP contribution in [0.1, 0.15) is 32.6 Å². The summed E-state index contributed by atoms with van der Waals surface area (Å²) in [5.74, 6) is 2.19. The van der Waals surface area contributed by atoms with Crippen molar-refractivity contribution in [1.82, 2.24) is 19.9 Å². The molecule has 6 nitrogen and oxygen atoms in total. The van der Waals surface area contributed by atoms with Gasteiger partial charge in [-0.15, -0.1) is 0 Å². The number of benzene rings is 2. The molecule has 0 spiro atoms. The van der Waals surface area contributed by atoms with E-state index in [0.29, 0.717) is 46.4 Å². The number of nitrogens with zero attached hydrogens (tertiary/aromatic N) is 5. The van der Waals surface area contributed by atoms with E-state index in [4.69, 9.17) is 21.3 Å². The summed E-state index contributed by atoms with van der Waals surface area (Å²) in [6, 6.07) is 12.0. The molecule has 0 amide bonds. The van der Waals surface area contributed by atoms with E-state index in [0.717, 1.165) is 42.6 Å². The molecule has 2 aromatic heterocycles. The number of ether oxygens (including phenoxy) is 1. The lowest BCUT2D eigenvalue weighted by molar-refractivity contribution is 0.188. The van der Waals surface area contributed by atoms with Crippen LogP contribution >= 0.6 is 11.6 Å². The minimum absolute atomic E-state index is 0.232. The molecule has 2 saturated heterocycles. The Morgan fingerprint density at radius 2 is 1.79 bits per heavy atom. The van der Waals surface area contributed by atoms with E-state index in [2.05, 4.69) is 33.7 Å². The zero-order valence-electron chi connectivity index (χ0n) is 22.4. The zero-order chi connectivity index (χ0) is 26.7. The first-order valence-electron chi connectivity index (χ1n) is 14.1. The van der Waals surface area contributed by atoms with Gasteiger partial charge in [-0.05, 0) is 61.9 Å². The summed E-state index contributed by atoms with van der Waals surface area (Å²) in [5.41, 5.74) is 1.13. The normalized spacial score (nSPS) is 25.2. The van der Waals surface area contributed by atoms with Gasteiger partial charge in [0.1, 0.15) is 23.6 Å². The number of anilines is 1. The molecule has 3 fully saturated rings. The average Bonchev–Trinajstić information content (AvgIpc) is 3.45. The van der Waals surface area contributed by atoms with Crippen LogP contribution in [-0.4, -0.2) is 59.2 Å². The molecular weight excluding hydrogens is 513 g/mol. The van der Waals surface area contributed by atoms with E-state index in [1.807, 2.05) is 36.4 Å². The van der Waals surface area contributed by atoms with E-state index in [1.54, 1.807) is 6.20 Å². The maximum Gasteiger partial charge on any atom is 0.319 e. The molecule has 0 N–H and O–H groups in total. The lowest BCUT2D eigenvalue weighted by Gasteiger charge is -2.33. The molecule has 4 heterocycles. The predicted octanol–water partition coefficient (Wildman–Crippen LogP) is 6.59. The molecule has 3 aliphatic rings. The van der Waals surface area contributed by atoms with Crippen LogP contribution in [0.25, 0.3) is 32.9 Å². The zero-order valence-corrected chi connectivity index (χ0v) is 23.2. The second kappa shape index (κ2) is 9.86. The van der Waals surface area contributed by atoms with E-state index in [-0.39, 0.29) is 17.2 Å². The summed E-state index contributed by atoms with van der Waals surface area (Å²) in [6.07, 6.45) is 6.56. The van der Waals surface area contributed by atoms with E-state index in [1.165, 1.54) is 19.3 Å². The van der Waals surface area contributed by atoms with Crippen molar-refractivity contribution in [3.63, 3.8) is 0 Å². The number of fused-ring (bicyclic) bond motifs is 4. The summed E-state index contributed by atoms with van der Waals surface area (Å²) < 4.78 is 22.7. The van der Waals surface area contributed by atoms with E-state index in [9.17, 15) is 0 Å². The Hall–Kier alpha value is -3.03. The predicted molar refractivity (Wildman–Crippen MR) is 154 cm³/mol. The largest absolute Gasteiger partial charge is 0.462 e. The minimum Gasteiger partial charge on any atom is -0.462 e. The van der Waals surface area contributed by atoms with Crippen molar-refractivity contribution in [3.8, 4) is 17.3 Å². The molecule has 2 aliphatic heterocycles. The number of likely N-dealkylation sites (tertiary alicyclic amines) is 1. The van der Waals surface area contributed by atoms with Crippen LogP contribution in [0.15, 0.2) is 42.6 Å². The van der Waals surface area contributed by atoms with Gasteiger partial charge in [-0.25, -0.2) is 4.39 Å². The number of aromatic nitrogens is 3. The van der Waals surface area contributed by atoms with Gasteiger partial charge in [-0.2, -0.15) is 9.97 Å². The van der Waals surface area contributed by atoms with Crippen LogP contribution in [0, 0.1) is 23.6 Å². The molecule has 202 valence electrons. The molecule has 7 rings (SSSR count). The van der Waals surface area contributed by atoms with E-state index < -0.39 is 5.82 Å². The Morgan fingerprint density at radius 3 is 2.54 bits per heavy atom. The Labute approximate surface area is 233 Å². The fraction of sp³-hybridized carbons (Fsp3) is 0.452. The fourth-order valence-electron chi connectivity index (χ4n) is 7.11. The molecule has 2 unspecified atom stereocenters. The lowest BCUT2D eigenvalue weighted by Crippen LogP contribution is -2.37. The molecule has 2 aromatic carbocycles. The first-order chi connectivity index (χ1) is 18.9. The van der Waals surface area contributed by atoms with Gasteiger partial charge < -0.3 is 9.64 Å². The molecule has 1 aliphatic carbocycles. The Morgan fingerprint density at radius 1 is 1.03 bits per heavy atom. The fourth-order valence-corrected chi connectivity index (χ4v) is 7.40. The second-order valence-corrected chi connectivity index (χ2v) is 12.3. The van der Waals surface area contributed by atoms with Crippen LogP contribution < -0.4 is 9.64 Å². The summed E-state index contributed by atoms with van der Waals surface area (Å²) >= 11 is 6.59. The van der Waals surface area contributed by atoms with Crippen molar-refractivity contribution in [3.05, 3.63) is 53.4 Å². The number of rotatable bonds is 5. The van der Waals surface area contributed by atoms with Crippen LogP contribution in [0.5, 0.6) is 6.01 Å². The van der Waals surface area contributed by atoms with Crippen molar-refractivity contribution in [2.75, 3.05) is 38.2 Å². The Kier molecular flexibility index (Phi) is 6.31. The Balaban J connectivity index is 1.34. The maximum absolute atomic E-state index is 16.5. The average molecular weight is 546 g/mol. The third kappa shape index (κ3) is 4.49. The molecule has 2 bridgehead atoms. The summed E-state index contributed by atoms with van der Waals surface area (Å²) in [5, 5.41) is 2.91. The van der Waals surface area contributed by atoms with Gasteiger partial charge >= 0.3 is 6.01 Å². The number of likely N-dealkylation sites (N-methyl/N-ethyl adjacent to an activating group) is 1. The Bertz CT molecular complexity index is 1550. The molecular formula is C31H33ClFN5O. The highest BCUT2D eigenvalue weighted by Crippen LogP contribution is 2.41. The lowest BCUT2D eigenvalue weighted by atomic mass is 9.98. The third-order valence-corrected chi connectivity index (χ3v) is 9.28. The van der Waals surface area contributed by atoms with Crippen LogP contribution in [0.2, 0.25) is 5.02 Å². The van der Waals surface area contributed by atoms with Crippen molar-refractivity contribution in [1.29, 1.82) is 0 Å². The number of hydrogen-bond donors (Lipinski definition) is 0. The van der Waals surface area contributed by atoms with Crippen LogP contribution in [0.4, 0.5) is 10.2 Å². The number of pyridine rings is 1. The topological polar surface area (TPSA) is 54.4 Å². The van der Waals surface area contributed by atoms with Crippen molar-refractivity contribution >= 4 is 39.1 Å². The molecule has 0 radical (unpaired) electrons. The van der Waals surface area contributed by atoms with Crippen LogP contribution in [0.3, 0.4) is 0 Å². The number of piperidine rings is 1. The number of halogens is 2. The van der Waals surface area contributed by atoms with E-state index >= 15 is 4.39 Å². The SMILES string of the molecule is C[C@@H]1C[C@@H](COc2nc(N3CC4CCC(C4)C3)c3cnc(-c4cccc5cccc(Cl)c45)c(F)c3n2)N(C)C1. The molecule has 4 aromatic rings. The van der Waals surface area contributed by atoms with Gasteiger partial charge in [0.25, 0.3) is 0 Å². The summed E-state index contributed by atoms with van der Waals surface area (Å²) in [4.78, 5) is 18.8. The molecule has 39 heavy (non-hydrogen) atoms. The summed E-state index contributed by atoms with van der Waals surface area (Å²) in [7, 11) is 2.13. The highest BCUT2D eigenvalue weighted by molar-refractivity contribution is 6.36. The van der Waals surface area contributed by atoms with Gasteiger partial charge in [0.15, 0.2) is 5.82 Å². The van der Waals surface area contributed by atoms with Crippen molar-refractivity contribution in [2.45, 2.75) is 38.6 Å². The van der Waals surface area contributed by atoms with Gasteiger partial charge in [-0.1, -0.05) is 48.9 Å². The third-order valence-electron chi connectivity index (χ3n) is 8.96. The standard InChI is InChI=1S/C31H33ClFN5O/c1-18-11-22(37(2)14-18)17-39-31-35-29-24(30(36-31)38-15-19-9-10-20(12-19)16-38)13-34-28(27(29)33)23-7-3-5-21-6-4-8-25(32)26(21)23/h3-8,13,18-20,22H,9-12,14-17H2,1-2H3/t18-,19?,20?,22+/m1/s1.